The maximum atomic E-state index is 13.1. The molecule has 0 aliphatic carbocycles. The number of hydrogen-bond donors (Lipinski definition) is 0. The molecule has 0 fully saturated rings. The molecule has 3 rings (SSSR count). The Morgan fingerprint density at radius 3 is 2.36 bits per heavy atom. The summed E-state index contributed by atoms with van der Waals surface area (Å²) in [4.78, 5) is 17.9. The Kier molecular flexibility index (Phi) is 9.97. The summed E-state index contributed by atoms with van der Waals surface area (Å²) < 4.78 is 46.0. The van der Waals surface area contributed by atoms with Crippen molar-refractivity contribution < 1.29 is 27.4 Å². The molecule has 9 nitrogen and oxygen atoms in total. The molecule has 0 spiro atoms. The third kappa shape index (κ3) is 6.48. The molecule has 0 saturated heterocycles. The number of hydrogen-bond acceptors (Lipinski definition) is 7. The Morgan fingerprint density at radius 2 is 1.78 bits per heavy atom. The van der Waals surface area contributed by atoms with Crippen LogP contribution in [0, 0.1) is 0 Å². The summed E-state index contributed by atoms with van der Waals surface area (Å²) in [5, 5.41) is 0. The van der Waals surface area contributed by atoms with Crippen LogP contribution in [0.2, 0.25) is 0 Å². The van der Waals surface area contributed by atoms with Crippen molar-refractivity contribution in [2.24, 2.45) is 4.99 Å². The van der Waals surface area contributed by atoms with Crippen LogP contribution in [-0.4, -0.2) is 70.3 Å². The Bertz CT molecular complexity index is 1350. The topological polar surface area (TPSA) is 99.4 Å². The minimum atomic E-state index is -3.78. The first-order valence-corrected chi connectivity index (χ1v) is 13.7. The molecule has 0 radical (unpaired) electrons. The van der Waals surface area contributed by atoms with Gasteiger partial charge in [0.05, 0.1) is 34.9 Å². The van der Waals surface area contributed by atoms with E-state index in [-0.39, 0.29) is 36.8 Å². The molecule has 1 aromatic heterocycles. The van der Waals surface area contributed by atoms with Gasteiger partial charge in [0.2, 0.25) is 10.0 Å². The van der Waals surface area contributed by atoms with E-state index in [0.717, 1.165) is 16.0 Å². The number of nitrogens with zero attached hydrogens (tertiary/aromatic N) is 3. The van der Waals surface area contributed by atoms with Gasteiger partial charge >= 0.3 is 0 Å². The Labute approximate surface area is 215 Å². The van der Waals surface area contributed by atoms with Crippen LogP contribution in [0.15, 0.2) is 65.0 Å². The summed E-state index contributed by atoms with van der Waals surface area (Å²) >= 11 is 1.37. The lowest BCUT2D eigenvalue weighted by atomic mass is 10.2. The minimum absolute atomic E-state index is 0.0818. The molecule has 0 N–H and O–H groups in total. The van der Waals surface area contributed by atoms with Gasteiger partial charge in [0.15, 0.2) is 4.80 Å². The predicted octanol–water partition coefficient (Wildman–Crippen LogP) is 3.31. The lowest BCUT2D eigenvalue weighted by Gasteiger charge is -2.21. The fourth-order valence-corrected chi connectivity index (χ4v) is 5.98. The van der Waals surface area contributed by atoms with E-state index >= 15 is 0 Å². The number of methoxy groups -OCH3 is 2. The third-order valence-corrected chi connectivity index (χ3v) is 8.26. The van der Waals surface area contributed by atoms with Crippen LogP contribution >= 0.6 is 11.3 Å². The van der Waals surface area contributed by atoms with Crippen molar-refractivity contribution in [3.05, 3.63) is 65.5 Å². The second kappa shape index (κ2) is 12.9. The molecule has 1 heterocycles. The quantitative estimate of drug-likeness (QED) is 0.313. The highest BCUT2D eigenvalue weighted by molar-refractivity contribution is 7.89. The summed E-state index contributed by atoms with van der Waals surface area (Å²) in [6, 6.07) is 11.5. The van der Waals surface area contributed by atoms with Crippen molar-refractivity contribution in [3.8, 4) is 5.75 Å². The number of amides is 1. The van der Waals surface area contributed by atoms with Gasteiger partial charge in [-0.05, 0) is 49.4 Å². The van der Waals surface area contributed by atoms with Crippen LogP contribution in [-0.2, 0) is 26.0 Å². The number of carbonyl (C=O) groups excluding carboxylic acids is 1. The maximum absolute atomic E-state index is 13.1. The van der Waals surface area contributed by atoms with E-state index in [1.54, 1.807) is 6.08 Å². The second-order valence-corrected chi connectivity index (χ2v) is 10.6. The number of carbonyl (C=O) groups is 1. The number of allylic oxidation sites excluding steroid dienone is 1. The third-order valence-electron chi connectivity index (χ3n) is 5.30. The highest BCUT2D eigenvalue weighted by atomic mass is 32.2. The molecular weight excluding hydrogens is 502 g/mol. The molecular formula is C25H31N3O6S2. The monoisotopic (exact) mass is 533 g/mol. The first kappa shape index (κ1) is 27.8. The van der Waals surface area contributed by atoms with Gasteiger partial charge in [-0.2, -0.15) is 9.30 Å². The fraction of sp³-hybridized carbons (Fsp3) is 0.360. The number of fused-ring (bicyclic) bond motifs is 1. The number of aromatic nitrogens is 1. The van der Waals surface area contributed by atoms with Crippen LogP contribution in [0.5, 0.6) is 5.75 Å². The van der Waals surface area contributed by atoms with E-state index in [0.29, 0.717) is 18.0 Å². The molecule has 1 amide bonds. The first-order chi connectivity index (χ1) is 17.3. The number of rotatable bonds is 13. The van der Waals surface area contributed by atoms with Gasteiger partial charge in [0.1, 0.15) is 5.75 Å². The second-order valence-electron chi connectivity index (χ2n) is 7.68. The number of ether oxygens (including phenoxy) is 3. The van der Waals surface area contributed by atoms with E-state index in [9.17, 15) is 13.2 Å². The fourth-order valence-electron chi connectivity index (χ4n) is 3.51. The van der Waals surface area contributed by atoms with Gasteiger partial charge in [-0.15, -0.1) is 6.58 Å². The van der Waals surface area contributed by atoms with Gasteiger partial charge in [-0.25, -0.2) is 8.42 Å². The van der Waals surface area contributed by atoms with Gasteiger partial charge in [-0.3, -0.25) is 4.79 Å². The molecule has 0 saturated carbocycles. The highest BCUT2D eigenvalue weighted by Crippen LogP contribution is 2.24. The normalized spacial score (nSPS) is 12.4. The maximum Gasteiger partial charge on any atom is 0.279 e. The van der Waals surface area contributed by atoms with Crippen LogP contribution < -0.4 is 9.54 Å². The van der Waals surface area contributed by atoms with E-state index in [1.165, 1.54) is 54.1 Å². The van der Waals surface area contributed by atoms with E-state index < -0.39 is 15.9 Å². The van der Waals surface area contributed by atoms with E-state index in [4.69, 9.17) is 14.2 Å². The molecule has 0 aliphatic rings. The Hall–Kier alpha value is -2.83. The number of sulfonamides is 1. The standard InChI is InChI=1S/C25H31N3O6S2/c1-5-13-28-22-12-9-20(34-6-2)18-23(22)35-25(28)26-24(29)19-7-10-21(11-8-19)36(30,31)27(14-16-32-3)15-17-33-4/h5,7-12,18H,1,6,13-17H2,2-4H3. The molecule has 0 unspecified atom stereocenters. The Balaban J connectivity index is 1.91. The lowest BCUT2D eigenvalue weighted by Crippen LogP contribution is -2.36. The summed E-state index contributed by atoms with van der Waals surface area (Å²) in [5.41, 5.74) is 1.20. The first-order valence-electron chi connectivity index (χ1n) is 11.4. The van der Waals surface area contributed by atoms with Crippen LogP contribution in [0.1, 0.15) is 17.3 Å². The zero-order chi connectivity index (χ0) is 26.1. The molecule has 194 valence electrons. The lowest BCUT2D eigenvalue weighted by molar-refractivity contribution is 0.0997. The van der Waals surface area contributed by atoms with Crippen LogP contribution in [0.4, 0.5) is 0 Å². The average molecular weight is 534 g/mol. The average Bonchev–Trinajstić information content (AvgIpc) is 3.20. The molecule has 3 aromatic rings. The predicted molar refractivity (Wildman–Crippen MR) is 140 cm³/mol. The van der Waals surface area contributed by atoms with Crippen LogP contribution in [0.3, 0.4) is 0 Å². The summed E-state index contributed by atoms with van der Waals surface area (Å²) in [5.74, 6) is 0.278. The smallest absolute Gasteiger partial charge is 0.279 e. The summed E-state index contributed by atoms with van der Waals surface area (Å²) in [6.07, 6.45) is 1.74. The van der Waals surface area contributed by atoms with Gasteiger partial charge < -0.3 is 18.8 Å². The molecule has 0 atom stereocenters. The van der Waals surface area contributed by atoms with Crippen molar-refractivity contribution in [1.29, 1.82) is 0 Å². The van der Waals surface area contributed by atoms with Gasteiger partial charge in [0.25, 0.3) is 5.91 Å². The van der Waals surface area contributed by atoms with Crippen molar-refractivity contribution in [1.82, 2.24) is 8.87 Å². The summed E-state index contributed by atoms with van der Waals surface area (Å²) in [6.45, 7) is 7.66. The van der Waals surface area contributed by atoms with Crippen LogP contribution in [0.25, 0.3) is 10.2 Å². The van der Waals surface area contributed by atoms with Crippen molar-refractivity contribution in [2.45, 2.75) is 18.4 Å². The number of thiazole rings is 1. The SMILES string of the molecule is C=CCn1c(=NC(=O)c2ccc(S(=O)(=O)N(CCOC)CCOC)cc2)sc2cc(OCC)ccc21. The van der Waals surface area contributed by atoms with Crippen molar-refractivity contribution in [2.75, 3.05) is 47.1 Å². The van der Waals surface area contributed by atoms with Gasteiger partial charge in [-0.1, -0.05) is 17.4 Å². The van der Waals surface area contributed by atoms with Crippen molar-refractivity contribution >= 4 is 37.5 Å². The zero-order valence-corrected chi connectivity index (χ0v) is 22.3. The molecule has 0 aliphatic heterocycles. The number of benzene rings is 2. The molecule has 2 aromatic carbocycles. The summed E-state index contributed by atoms with van der Waals surface area (Å²) in [7, 11) is -0.756. The minimum Gasteiger partial charge on any atom is -0.494 e. The zero-order valence-electron chi connectivity index (χ0n) is 20.7. The van der Waals surface area contributed by atoms with E-state index in [2.05, 4.69) is 11.6 Å². The molecule has 36 heavy (non-hydrogen) atoms. The largest absolute Gasteiger partial charge is 0.494 e. The molecule has 11 heteroatoms. The van der Waals surface area contributed by atoms with E-state index in [1.807, 2.05) is 29.7 Å². The van der Waals surface area contributed by atoms with Gasteiger partial charge in [0, 0.05) is 39.4 Å². The highest BCUT2D eigenvalue weighted by Gasteiger charge is 2.24. The molecule has 0 bridgehead atoms. The van der Waals surface area contributed by atoms with Crippen molar-refractivity contribution in [3.63, 3.8) is 0 Å². The Morgan fingerprint density at radius 1 is 1.11 bits per heavy atom.